The zero-order chi connectivity index (χ0) is 4.50. The Morgan fingerprint density at radius 1 is 0.833 bits per heavy atom. The predicted octanol–water partition coefficient (Wildman–Crippen LogP) is 2.37. The summed E-state index contributed by atoms with van der Waals surface area (Å²) in [6.45, 7) is 0. The molecule has 40 valence electrons. The van der Waals surface area contributed by atoms with Crippen LogP contribution in [0.3, 0.4) is 0 Å². The van der Waals surface area contributed by atoms with E-state index >= 15 is 0 Å². The second kappa shape index (κ2) is 4.19. The van der Waals surface area contributed by atoms with E-state index in [1.807, 2.05) is 0 Å². The van der Waals surface area contributed by atoms with E-state index in [0.717, 1.165) is 0 Å². The van der Waals surface area contributed by atoms with Gasteiger partial charge in [-0.25, -0.2) is 0 Å². The van der Waals surface area contributed by atoms with Crippen LogP contribution in [0.25, 0.3) is 0 Å². The summed E-state index contributed by atoms with van der Waals surface area (Å²) in [6, 6.07) is 0. The van der Waals surface area contributed by atoms with Crippen molar-refractivity contribution in [3.05, 3.63) is 0 Å². The molecule has 0 aliphatic rings. The Hall–Kier alpha value is 2.28. The van der Waals surface area contributed by atoms with E-state index in [4.69, 9.17) is 40.4 Å². The zero-order valence-electron chi connectivity index (χ0n) is 2.81. The first-order valence-electron chi connectivity index (χ1n) is 0.456. The van der Waals surface area contributed by atoms with Crippen LogP contribution >= 0.6 is 40.4 Å². The minimum atomic E-state index is -2.24. The molecular weight excluding hydrogens is 212 g/mol. The smallest absolute Gasteiger partial charge is 0 e. The van der Waals surface area contributed by atoms with E-state index in [0.29, 0.717) is 0 Å². The summed E-state index contributed by atoms with van der Waals surface area (Å²) in [7, 11) is 17.4. The van der Waals surface area contributed by atoms with E-state index in [2.05, 4.69) is 0 Å². The van der Waals surface area contributed by atoms with Gasteiger partial charge in [-0.05, 0) is 0 Å². The van der Waals surface area contributed by atoms with Gasteiger partial charge in [-0.2, -0.15) is 0 Å². The Morgan fingerprint density at radius 3 is 0.833 bits per heavy atom. The minimum Gasteiger partial charge on any atom is 0 e. The molecule has 0 aromatic carbocycles. The number of rotatable bonds is 0. The molecule has 0 N–H and O–H groups in total. The maximum absolute atomic E-state index is 4.90. The monoisotopic (exact) mass is 210 g/mol. The molecule has 0 aromatic rings. The molecule has 0 nitrogen and oxygen atoms in total. The molecule has 0 aliphatic carbocycles. The summed E-state index contributed by atoms with van der Waals surface area (Å²) in [4.78, 5) is 0. The second-order valence-corrected chi connectivity index (χ2v) is 9.59. The fraction of sp³-hybridized carbons (Fsp3) is 0. The molecule has 6 heteroatoms. The summed E-state index contributed by atoms with van der Waals surface area (Å²) < 4.78 is 0. The molecule has 0 bridgehead atoms. The minimum absolute atomic E-state index is 0. The Balaban J connectivity index is 0. The average Bonchev–Trinajstić information content (AvgIpc) is 0.722. The van der Waals surface area contributed by atoms with E-state index in [9.17, 15) is 0 Å². The molecule has 0 rings (SSSR count). The molecule has 0 amide bonds. The summed E-state index contributed by atoms with van der Waals surface area (Å²) >= 11 is 0. The molecule has 1 radical (unpaired) electrons. The predicted molar refractivity (Wildman–Crippen MR) is 29.2 cm³/mol. The van der Waals surface area contributed by atoms with Crippen molar-refractivity contribution >= 4 is 59.3 Å². The Labute approximate surface area is 67.8 Å². The number of hydrogen-bond acceptors (Lipinski definition) is 0. The van der Waals surface area contributed by atoms with Crippen LogP contribution in [0, 0.1) is 0 Å². The zero-order valence-corrected chi connectivity index (χ0v) is 6.78. The maximum atomic E-state index is 4.90. The van der Waals surface area contributed by atoms with Gasteiger partial charge in [0.1, 0.15) is 0 Å². The molecule has 0 saturated carbocycles. The van der Waals surface area contributed by atoms with E-state index in [1.54, 1.807) is 0 Å². The van der Waals surface area contributed by atoms with E-state index in [-0.39, 0.29) is 18.9 Å². The molecule has 0 saturated heterocycles. The van der Waals surface area contributed by atoms with Crippen molar-refractivity contribution in [2.24, 2.45) is 0 Å². The third-order valence-electron chi connectivity index (χ3n) is 0. The van der Waals surface area contributed by atoms with Gasteiger partial charge in [-0.15, -0.1) is 0 Å². The van der Waals surface area contributed by atoms with Crippen LogP contribution in [0.4, 0.5) is 0 Å². The van der Waals surface area contributed by atoms with Crippen LogP contribution in [-0.2, 0) is 9.20 Å². The van der Waals surface area contributed by atoms with Crippen molar-refractivity contribution < 1.29 is 9.20 Å². The molecule has 0 spiro atoms. The first-order chi connectivity index (χ1) is 2.00. The van der Waals surface area contributed by atoms with Crippen molar-refractivity contribution in [1.82, 2.24) is 0 Å². The quantitative estimate of drug-likeness (QED) is 0.541. The normalized spacial score (nSPS) is 12.7. The van der Waals surface area contributed by atoms with E-state index < -0.39 is 9.20 Å². The van der Waals surface area contributed by atoms with Gasteiger partial charge >= 0.3 is 49.6 Å². The van der Waals surface area contributed by atoms with Gasteiger partial charge in [0.05, 0.1) is 0 Å². The van der Waals surface area contributed by atoms with Crippen molar-refractivity contribution in [3.8, 4) is 0 Å². The first kappa shape index (κ1) is 11.1. The number of halogens is 4. The van der Waals surface area contributed by atoms with Gasteiger partial charge in [-0.1, -0.05) is 0 Å². The SMILES string of the molecule is [Cl][Cu]([Cl])([Cl])[Cl].[Li]. The fourth-order valence-corrected chi connectivity index (χ4v) is 0. The third-order valence-corrected chi connectivity index (χ3v) is 0. The fourth-order valence-electron chi connectivity index (χ4n) is 0. The second-order valence-electron chi connectivity index (χ2n) is 0.258. The Kier molecular flexibility index (Phi) is 7.76. The van der Waals surface area contributed by atoms with Crippen LogP contribution in [0.2, 0.25) is 0 Å². The van der Waals surface area contributed by atoms with E-state index in [1.165, 1.54) is 0 Å². The standard InChI is InChI=1S/4ClH.Cu.Li/h4*1H;;/q;;;;+4;/p-4. The molecule has 0 aliphatic heterocycles. The first-order valence-corrected chi connectivity index (χ1v) is 5.64. The maximum Gasteiger partial charge on any atom is 0 e. The molecule has 0 unspecified atom stereocenters. The molecule has 0 fully saturated rings. The van der Waals surface area contributed by atoms with Crippen molar-refractivity contribution in [1.29, 1.82) is 0 Å². The van der Waals surface area contributed by atoms with Gasteiger partial charge in [0.25, 0.3) is 0 Å². The number of hydrogen-bond donors (Lipinski definition) is 0. The summed E-state index contributed by atoms with van der Waals surface area (Å²) in [6.07, 6.45) is 0. The van der Waals surface area contributed by atoms with Crippen LogP contribution in [0.15, 0.2) is 0 Å². The third kappa shape index (κ3) is 33.7. The van der Waals surface area contributed by atoms with Crippen LogP contribution in [-0.4, -0.2) is 18.9 Å². The largest absolute Gasteiger partial charge is 0 e. The van der Waals surface area contributed by atoms with Crippen molar-refractivity contribution in [2.45, 2.75) is 0 Å². The Morgan fingerprint density at radius 2 is 0.833 bits per heavy atom. The molecule has 6 heavy (non-hydrogen) atoms. The topological polar surface area (TPSA) is 0 Å². The van der Waals surface area contributed by atoms with Gasteiger partial charge < -0.3 is 0 Å². The van der Waals surface area contributed by atoms with Crippen molar-refractivity contribution in [3.63, 3.8) is 0 Å². The van der Waals surface area contributed by atoms with Gasteiger partial charge in [0, 0.05) is 18.9 Å². The van der Waals surface area contributed by atoms with Crippen LogP contribution in [0.5, 0.6) is 0 Å². The average molecular weight is 212 g/mol. The van der Waals surface area contributed by atoms with Crippen LogP contribution < -0.4 is 0 Å². The van der Waals surface area contributed by atoms with Gasteiger partial charge in [-0.3, -0.25) is 0 Å². The summed E-state index contributed by atoms with van der Waals surface area (Å²) in [5, 5.41) is 0. The van der Waals surface area contributed by atoms with Gasteiger partial charge in [0.2, 0.25) is 0 Å². The Bertz CT molecular complexity index is 23.0. The molecule has 0 atom stereocenters. The molecule has 0 aromatic heterocycles. The molecule has 0 heterocycles. The summed E-state index contributed by atoms with van der Waals surface area (Å²) in [5.74, 6) is 0. The van der Waals surface area contributed by atoms with Crippen molar-refractivity contribution in [2.75, 3.05) is 0 Å². The van der Waals surface area contributed by atoms with Gasteiger partial charge in [0.15, 0.2) is 0 Å². The van der Waals surface area contributed by atoms with Crippen LogP contribution in [0.1, 0.15) is 0 Å². The summed E-state index contributed by atoms with van der Waals surface area (Å²) in [5.41, 5.74) is 0. The molecular formula is Cl4CuLi.